The van der Waals surface area contributed by atoms with Crippen LogP contribution in [0.5, 0.6) is 11.5 Å². The van der Waals surface area contributed by atoms with Crippen LogP contribution in [0.2, 0.25) is 36.3 Å². The van der Waals surface area contributed by atoms with E-state index in [4.69, 9.17) is 18.3 Å². The van der Waals surface area contributed by atoms with Crippen LogP contribution in [0.1, 0.15) is 109 Å². The first kappa shape index (κ1) is 42.2. The Labute approximate surface area is 339 Å². The van der Waals surface area contributed by atoms with Gasteiger partial charge in [-0.1, -0.05) is 83.0 Å². The number of methoxy groups -OCH3 is 2. The average Bonchev–Trinajstić information content (AvgIpc) is 3.10. The maximum atomic E-state index is 11.5. The maximum Gasteiger partial charge on any atom is 0.337 e. The molecule has 4 fully saturated rings. The molecule has 0 spiro atoms. The third-order valence-electron chi connectivity index (χ3n) is 14.2. The molecule has 0 N–H and O–H groups in total. The van der Waals surface area contributed by atoms with E-state index in [1.807, 2.05) is 19.2 Å². The largest absolute Gasteiger partial charge is 0.543 e. The highest BCUT2D eigenvalue weighted by Crippen LogP contribution is 2.55. The summed E-state index contributed by atoms with van der Waals surface area (Å²) in [7, 11) is -0.489. The molecule has 2 aromatic rings. The lowest BCUT2D eigenvalue weighted by molar-refractivity contribution is -0.130. The monoisotopic (exact) mass is 796 g/mol. The molecular formula is C48H68O6Si2. The Kier molecular flexibility index (Phi) is 12.2. The number of Topliss-reactive ketones (excluding diaryl/α,β-unsaturated/α-hetero) is 1. The van der Waals surface area contributed by atoms with Crippen LogP contribution in [0.4, 0.5) is 0 Å². The summed E-state index contributed by atoms with van der Waals surface area (Å²) in [5, 5.41) is 0.328. The zero-order valence-electron chi connectivity index (χ0n) is 36.3. The second-order valence-electron chi connectivity index (χ2n) is 20.4. The van der Waals surface area contributed by atoms with Crippen molar-refractivity contribution in [1.82, 2.24) is 0 Å². The minimum absolute atomic E-state index is 0.133. The van der Waals surface area contributed by atoms with Crippen LogP contribution in [0.3, 0.4) is 0 Å². The minimum Gasteiger partial charge on any atom is -0.543 e. The molecule has 6 nitrogen and oxygen atoms in total. The van der Waals surface area contributed by atoms with Gasteiger partial charge in [-0.25, -0.2) is 4.79 Å². The Balaban J connectivity index is 0.000000157. The molecule has 8 heteroatoms. The minimum atomic E-state index is -1.87. The molecule has 0 aromatic heterocycles. The smallest absolute Gasteiger partial charge is 0.337 e. The van der Waals surface area contributed by atoms with Gasteiger partial charge in [-0.05, 0) is 147 Å². The van der Waals surface area contributed by atoms with E-state index in [2.05, 4.69) is 104 Å². The van der Waals surface area contributed by atoms with Crippen molar-refractivity contribution >= 4 is 34.1 Å². The van der Waals surface area contributed by atoms with Gasteiger partial charge >= 0.3 is 5.97 Å². The fourth-order valence-electron chi connectivity index (χ4n) is 9.38. The summed E-state index contributed by atoms with van der Waals surface area (Å²) in [5.74, 6) is 6.88. The standard InChI is InChI=1S/C24H34O2Si.C14H22O3Si.C10H12O/c1-24(2,3)27(5,6)26-21-9-7-8-18(15-21)23(25-4)22-19-11-16-10-17(13-19)14-20(22)12-16;1-14(2,3)18(5,6)17-12-9-7-8-11(10-12)13(15)16-4;11-10-8-2-6-1-7(4-8)5-9(10)3-6/h7-10,15-16,19-20H,11-14H2,1-6H3;7-10H,1-6H3;2,7-9H,1,3-5H2. The summed E-state index contributed by atoms with van der Waals surface area (Å²) in [6.45, 7) is 22.4. The molecule has 304 valence electrons. The lowest BCUT2D eigenvalue weighted by Gasteiger charge is -2.47. The molecule has 0 radical (unpaired) electrons. The molecule has 0 saturated heterocycles. The summed E-state index contributed by atoms with van der Waals surface area (Å²) in [6.07, 6.45) is 14.7. The predicted octanol–water partition coefficient (Wildman–Crippen LogP) is 12.6. The van der Waals surface area contributed by atoms with Gasteiger partial charge in [-0.3, -0.25) is 4.79 Å². The molecule has 4 saturated carbocycles. The molecular weight excluding hydrogens is 729 g/mol. The van der Waals surface area contributed by atoms with Crippen molar-refractivity contribution < 1.29 is 27.9 Å². The Bertz CT molecular complexity index is 1870. The summed E-state index contributed by atoms with van der Waals surface area (Å²) in [6, 6.07) is 15.8. The second-order valence-corrected chi connectivity index (χ2v) is 29.8. The van der Waals surface area contributed by atoms with Gasteiger partial charge in [0.1, 0.15) is 23.0 Å². The van der Waals surface area contributed by atoms with E-state index in [1.165, 1.54) is 57.6 Å². The van der Waals surface area contributed by atoms with Crippen LogP contribution in [-0.4, -0.2) is 42.6 Å². The van der Waals surface area contributed by atoms with E-state index in [1.54, 1.807) is 28.9 Å². The molecule has 5 atom stereocenters. The van der Waals surface area contributed by atoms with Crippen LogP contribution in [0.15, 0.2) is 77.4 Å². The Morgan fingerprint density at radius 1 is 0.643 bits per heavy atom. The third kappa shape index (κ3) is 9.17. The van der Waals surface area contributed by atoms with Gasteiger partial charge in [0, 0.05) is 17.4 Å². The fourth-order valence-corrected chi connectivity index (χ4v) is 11.4. The van der Waals surface area contributed by atoms with Crippen molar-refractivity contribution in [3.05, 3.63) is 88.5 Å². The number of esters is 1. The molecule has 2 aromatic carbocycles. The van der Waals surface area contributed by atoms with E-state index in [-0.39, 0.29) is 16.0 Å². The quantitative estimate of drug-likeness (QED) is 0.120. The topological polar surface area (TPSA) is 71.1 Å². The van der Waals surface area contributed by atoms with Crippen molar-refractivity contribution in [3.63, 3.8) is 0 Å². The Morgan fingerprint density at radius 3 is 1.64 bits per heavy atom. The summed E-state index contributed by atoms with van der Waals surface area (Å²) in [5.41, 5.74) is 6.57. The SMILES string of the molecule is COC(=C1C2CC3=CC(C2)CC1C3)c1cccc(O[Si](C)(C)C(C)(C)C)c1.COC(=O)c1cccc(O[Si](C)(C)C(C)(C)C)c1.O=C1C2C=C3CC(C2)CC1C3. The average molecular weight is 797 g/mol. The van der Waals surface area contributed by atoms with Gasteiger partial charge < -0.3 is 18.3 Å². The van der Waals surface area contributed by atoms with Gasteiger partial charge in [0.25, 0.3) is 0 Å². The third-order valence-corrected chi connectivity index (χ3v) is 22.9. The number of hydrogen-bond donors (Lipinski definition) is 0. The van der Waals surface area contributed by atoms with Crippen molar-refractivity contribution in [3.8, 4) is 11.5 Å². The van der Waals surface area contributed by atoms with Crippen molar-refractivity contribution in [2.24, 2.45) is 35.5 Å². The number of allylic oxidation sites excluding steroid dienone is 5. The summed E-state index contributed by atoms with van der Waals surface area (Å²) >= 11 is 0. The highest BCUT2D eigenvalue weighted by Gasteiger charge is 2.45. The number of hydrogen-bond acceptors (Lipinski definition) is 6. The first-order valence-corrected chi connectivity index (χ1v) is 26.9. The second kappa shape index (κ2) is 16.1. The van der Waals surface area contributed by atoms with Gasteiger partial charge in [0.2, 0.25) is 16.6 Å². The van der Waals surface area contributed by atoms with Crippen molar-refractivity contribution in [2.75, 3.05) is 14.2 Å². The maximum absolute atomic E-state index is 11.5. The number of ether oxygens (including phenoxy) is 2. The molecule has 0 heterocycles. The van der Waals surface area contributed by atoms with Gasteiger partial charge in [0.05, 0.1) is 19.8 Å². The molecule has 8 aliphatic rings. The molecule has 8 bridgehead atoms. The molecule has 56 heavy (non-hydrogen) atoms. The number of carbonyl (C=O) groups excluding carboxylic acids is 2. The predicted molar refractivity (Wildman–Crippen MR) is 233 cm³/mol. The van der Waals surface area contributed by atoms with Crippen LogP contribution in [0, 0.1) is 35.5 Å². The number of benzene rings is 2. The van der Waals surface area contributed by atoms with E-state index in [9.17, 15) is 9.59 Å². The van der Waals surface area contributed by atoms with E-state index < -0.39 is 16.6 Å². The molecule has 8 aliphatic carbocycles. The highest BCUT2D eigenvalue weighted by atomic mass is 28.4. The van der Waals surface area contributed by atoms with E-state index in [0.717, 1.165) is 35.5 Å². The highest BCUT2D eigenvalue weighted by molar-refractivity contribution is 6.75. The van der Waals surface area contributed by atoms with Crippen LogP contribution in [0.25, 0.3) is 5.76 Å². The summed E-state index contributed by atoms with van der Waals surface area (Å²) < 4.78 is 23.4. The number of ketones is 1. The summed E-state index contributed by atoms with van der Waals surface area (Å²) in [4.78, 5) is 23.0. The number of rotatable bonds is 7. The Hall–Kier alpha value is -3.37. The van der Waals surface area contributed by atoms with Crippen molar-refractivity contribution in [1.29, 1.82) is 0 Å². The molecule has 10 rings (SSSR count). The van der Waals surface area contributed by atoms with Gasteiger partial charge in [-0.2, -0.15) is 0 Å². The zero-order valence-corrected chi connectivity index (χ0v) is 38.3. The van der Waals surface area contributed by atoms with Gasteiger partial charge in [0.15, 0.2) is 0 Å². The first-order valence-electron chi connectivity index (χ1n) is 21.1. The van der Waals surface area contributed by atoms with Crippen molar-refractivity contribution in [2.45, 2.75) is 129 Å². The molecule has 0 amide bonds. The molecule has 0 aliphatic heterocycles. The van der Waals surface area contributed by atoms with E-state index in [0.29, 0.717) is 35.0 Å². The Morgan fingerprint density at radius 2 is 1.16 bits per heavy atom. The lowest BCUT2D eigenvalue weighted by Crippen LogP contribution is -2.43. The lowest BCUT2D eigenvalue weighted by atomic mass is 9.58. The molecule has 5 unspecified atom stereocenters. The zero-order chi connectivity index (χ0) is 40.8. The van der Waals surface area contributed by atoms with Gasteiger partial charge in [-0.15, -0.1) is 0 Å². The number of carbonyl (C=O) groups is 2. The van der Waals surface area contributed by atoms with E-state index >= 15 is 0 Å². The first-order chi connectivity index (χ1) is 26.2. The fraction of sp³-hybridized carbons (Fsp3) is 0.583. The van der Waals surface area contributed by atoms with Crippen LogP contribution >= 0.6 is 0 Å². The van der Waals surface area contributed by atoms with Crippen LogP contribution < -0.4 is 8.85 Å². The normalized spacial score (nSPS) is 25.9. The van der Waals surface area contributed by atoms with Crippen LogP contribution in [-0.2, 0) is 14.3 Å².